The summed E-state index contributed by atoms with van der Waals surface area (Å²) in [4.78, 5) is 12.3. The molecule has 0 atom stereocenters. The van der Waals surface area contributed by atoms with Crippen molar-refractivity contribution in [3.8, 4) is 0 Å². The van der Waals surface area contributed by atoms with E-state index in [-0.39, 0.29) is 11.6 Å². The Morgan fingerprint density at radius 1 is 0.964 bits per heavy atom. The lowest BCUT2D eigenvalue weighted by molar-refractivity contribution is 0.101. The first kappa shape index (κ1) is 20.0. The molecule has 0 saturated heterocycles. The van der Waals surface area contributed by atoms with Crippen molar-refractivity contribution in [2.75, 3.05) is 10.6 Å². The normalized spacial score (nSPS) is 10.4. The SMILES string of the molecule is CC(=O)c1ccc(NC(=S)Nc2cccc(SCc3ccccc3F)c2)cc1. The average molecular weight is 411 g/mol. The lowest BCUT2D eigenvalue weighted by atomic mass is 10.1. The van der Waals surface area contributed by atoms with E-state index in [4.69, 9.17) is 12.2 Å². The molecule has 0 amide bonds. The number of thiocarbonyl (C=S) groups is 1. The summed E-state index contributed by atoms with van der Waals surface area (Å²) in [6.45, 7) is 1.53. The van der Waals surface area contributed by atoms with Gasteiger partial charge in [0, 0.05) is 27.6 Å². The van der Waals surface area contributed by atoms with E-state index in [2.05, 4.69) is 10.6 Å². The predicted molar refractivity (Wildman–Crippen MR) is 119 cm³/mol. The molecular weight excluding hydrogens is 391 g/mol. The molecule has 0 aromatic heterocycles. The van der Waals surface area contributed by atoms with Crippen LogP contribution in [0.4, 0.5) is 15.8 Å². The molecule has 0 saturated carbocycles. The smallest absolute Gasteiger partial charge is 0.175 e. The van der Waals surface area contributed by atoms with Crippen molar-refractivity contribution in [2.24, 2.45) is 0 Å². The van der Waals surface area contributed by atoms with E-state index < -0.39 is 0 Å². The third kappa shape index (κ3) is 5.65. The number of halogens is 1. The molecule has 0 aliphatic heterocycles. The number of benzene rings is 3. The molecule has 3 nitrogen and oxygen atoms in total. The number of rotatable bonds is 6. The van der Waals surface area contributed by atoms with Gasteiger partial charge < -0.3 is 10.6 Å². The van der Waals surface area contributed by atoms with E-state index in [1.807, 2.05) is 42.5 Å². The monoisotopic (exact) mass is 410 g/mol. The van der Waals surface area contributed by atoms with Gasteiger partial charge in [-0.3, -0.25) is 4.79 Å². The number of thioether (sulfide) groups is 1. The molecule has 0 unspecified atom stereocenters. The molecule has 3 aromatic rings. The molecule has 6 heteroatoms. The second kappa shape index (κ2) is 9.48. The summed E-state index contributed by atoms with van der Waals surface area (Å²) in [5.74, 6) is 0.392. The highest BCUT2D eigenvalue weighted by molar-refractivity contribution is 7.98. The molecule has 0 spiro atoms. The molecule has 0 radical (unpaired) electrons. The molecule has 142 valence electrons. The number of hydrogen-bond acceptors (Lipinski definition) is 3. The van der Waals surface area contributed by atoms with Gasteiger partial charge in [0.2, 0.25) is 0 Å². The van der Waals surface area contributed by atoms with Crippen LogP contribution < -0.4 is 10.6 Å². The Morgan fingerprint density at radius 2 is 1.68 bits per heavy atom. The van der Waals surface area contributed by atoms with Crippen LogP contribution >= 0.6 is 24.0 Å². The van der Waals surface area contributed by atoms with Crippen molar-refractivity contribution in [3.05, 3.63) is 89.7 Å². The van der Waals surface area contributed by atoms with E-state index >= 15 is 0 Å². The second-order valence-corrected chi connectivity index (χ2v) is 7.58. The quantitative estimate of drug-likeness (QED) is 0.291. The lowest BCUT2D eigenvalue weighted by Crippen LogP contribution is -2.19. The molecule has 0 heterocycles. The van der Waals surface area contributed by atoms with Crippen molar-refractivity contribution < 1.29 is 9.18 Å². The Morgan fingerprint density at radius 3 is 2.39 bits per heavy atom. The largest absolute Gasteiger partial charge is 0.332 e. The van der Waals surface area contributed by atoms with Crippen LogP contribution in [-0.4, -0.2) is 10.9 Å². The summed E-state index contributed by atoms with van der Waals surface area (Å²) >= 11 is 6.92. The topological polar surface area (TPSA) is 41.1 Å². The van der Waals surface area contributed by atoms with Crippen molar-refractivity contribution >= 4 is 46.3 Å². The summed E-state index contributed by atoms with van der Waals surface area (Å²) < 4.78 is 13.8. The zero-order valence-corrected chi connectivity index (χ0v) is 16.9. The Bertz CT molecular complexity index is 990. The molecule has 0 bridgehead atoms. The van der Waals surface area contributed by atoms with E-state index in [9.17, 15) is 9.18 Å². The molecule has 2 N–H and O–H groups in total. The Kier molecular flexibility index (Phi) is 6.79. The van der Waals surface area contributed by atoms with Gasteiger partial charge in [0.05, 0.1) is 0 Å². The highest BCUT2D eigenvalue weighted by Crippen LogP contribution is 2.26. The maximum atomic E-state index is 13.8. The van der Waals surface area contributed by atoms with Crippen molar-refractivity contribution in [3.63, 3.8) is 0 Å². The van der Waals surface area contributed by atoms with E-state index in [0.717, 1.165) is 16.3 Å². The minimum Gasteiger partial charge on any atom is -0.332 e. The standard InChI is InChI=1S/C22H19FN2OS2/c1-15(26)16-9-11-18(12-10-16)24-22(27)25-19-6-4-7-20(13-19)28-14-17-5-2-3-8-21(17)23/h2-13H,14H2,1H3,(H2,24,25,27). The molecule has 28 heavy (non-hydrogen) atoms. The van der Waals surface area contributed by atoms with Gasteiger partial charge in [-0.05, 0) is 73.2 Å². The maximum Gasteiger partial charge on any atom is 0.175 e. The summed E-state index contributed by atoms with van der Waals surface area (Å²) in [5.41, 5.74) is 2.98. The first-order valence-electron chi connectivity index (χ1n) is 8.66. The fourth-order valence-electron chi connectivity index (χ4n) is 2.52. The van der Waals surface area contributed by atoms with Crippen LogP contribution in [0.2, 0.25) is 0 Å². The van der Waals surface area contributed by atoms with Crippen LogP contribution in [-0.2, 0) is 5.75 Å². The van der Waals surface area contributed by atoms with Crippen molar-refractivity contribution in [2.45, 2.75) is 17.6 Å². The van der Waals surface area contributed by atoms with Crippen LogP contribution in [0.3, 0.4) is 0 Å². The van der Waals surface area contributed by atoms with Gasteiger partial charge in [-0.1, -0.05) is 24.3 Å². The minimum absolute atomic E-state index is 0.0250. The number of carbonyl (C=O) groups is 1. The zero-order chi connectivity index (χ0) is 19.9. The molecule has 0 aliphatic rings. The number of Topliss-reactive ketones (excluding diaryl/α,β-unsaturated/α-hetero) is 1. The number of anilines is 2. The summed E-state index contributed by atoms with van der Waals surface area (Å²) in [7, 11) is 0. The first-order valence-corrected chi connectivity index (χ1v) is 10.1. The third-order valence-electron chi connectivity index (χ3n) is 3.99. The van der Waals surface area contributed by atoms with Crippen molar-refractivity contribution in [1.29, 1.82) is 0 Å². The third-order valence-corrected chi connectivity index (χ3v) is 5.24. The summed E-state index contributed by atoms with van der Waals surface area (Å²) in [5, 5.41) is 6.69. The van der Waals surface area contributed by atoms with E-state index in [0.29, 0.717) is 22.0 Å². The van der Waals surface area contributed by atoms with Crippen LogP contribution in [0, 0.1) is 5.82 Å². The number of carbonyl (C=O) groups excluding carboxylic acids is 1. The van der Waals surface area contributed by atoms with Gasteiger partial charge in [0.15, 0.2) is 10.9 Å². The van der Waals surface area contributed by atoms with Crippen LogP contribution in [0.25, 0.3) is 0 Å². The maximum absolute atomic E-state index is 13.8. The molecule has 0 aliphatic carbocycles. The van der Waals surface area contributed by atoms with Crippen molar-refractivity contribution in [1.82, 2.24) is 0 Å². The number of ketones is 1. The minimum atomic E-state index is -0.189. The molecule has 0 fully saturated rings. The van der Waals surface area contributed by atoms with Gasteiger partial charge >= 0.3 is 0 Å². The van der Waals surface area contributed by atoms with Crippen LogP contribution in [0.1, 0.15) is 22.8 Å². The Balaban J connectivity index is 1.58. The van der Waals surface area contributed by atoms with Gasteiger partial charge in [-0.2, -0.15) is 0 Å². The lowest BCUT2D eigenvalue weighted by Gasteiger charge is -2.12. The van der Waals surface area contributed by atoms with Crippen LogP contribution in [0.15, 0.2) is 77.7 Å². The number of nitrogens with one attached hydrogen (secondary N) is 2. The second-order valence-electron chi connectivity index (χ2n) is 6.12. The van der Waals surface area contributed by atoms with Gasteiger partial charge in [-0.25, -0.2) is 4.39 Å². The van der Waals surface area contributed by atoms with E-state index in [1.54, 1.807) is 36.0 Å². The molecular formula is C22H19FN2OS2. The summed E-state index contributed by atoms with van der Waals surface area (Å²) in [6.07, 6.45) is 0. The fraction of sp³-hybridized carbons (Fsp3) is 0.0909. The van der Waals surface area contributed by atoms with Gasteiger partial charge in [0.1, 0.15) is 5.82 Å². The number of hydrogen-bond donors (Lipinski definition) is 2. The zero-order valence-electron chi connectivity index (χ0n) is 15.2. The van der Waals surface area contributed by atoms with E-state index in [1.165, 1.54) is 13.0 Å². The summed E-state index contributed by atoms with van der Waals surface area (Å²) in [6, 6.07) is 21.7. The Labute approximate surface area is 173 Å². The molecule has 3 rings (SSSR count). The highest BCUT2D eigenvalue weighted by Gasteiger charge is 2.05. The van der Waals surface area contributed by atoms with Gasteiger partial charge in [0.25, 0.3) is 0 Å². The first-order chi connectivity index (χ1) is 13.5. The van der Waals surface area contributed by atoms with Crippen LogP contribution in [0.5, 0.6) is 0 Å². The van der Waals surface area contributed by atoms with Gasteiger partial charge in [-0.15, -0.1) is 11.8 Å². The molecule has 3 aromatic carbocycles. The Hall–Kier alpha value is -2.70. The highest BCUT2D eigenvalue weighted by atomic mass is 32.2. The average Bonchev–Trinajstić information content (AvgIpc) is 2.68. The fourth-order valence-corrected chi connectivity index (χ4v) is 3.70. The predicted octanol–water partition coefficient (Wildman–Crippen LogP) is 6.13.